The van der Waals surface area contributed by atoms with E-state index < -0.39 is 10.0 Å². The van der Waals surface area contributed by atoms with Crippen molar-refractivity contribution < 1.29 is 13.2 Å². The molecular weight excluding hydrogens is 432 g/mol. The number of hydrogen-bond acceptors (Lipinski definition) is 3. The second-order valence-corrected chi connectivity index (χ2v) is 10.3. The van der Waals surface area contributed by atoms with Crippen molar-refractivity contribution in [3.63, 3.8) is 0 Å². The number of hydrogen-bond donors (Lipinski definition) is 1. The minimum atomic E-state index is -3.94. The van der Waals surface area contributed by atoms with Crippen molar-refractivity contribution in [3.05, 3.63) is 58.6 Å². The molecule has 1 amide bonds. The van der Waals surface area contributed by atoms with Crippen LogP contribution in [-0.2, 0) is 14.8 Å². The number of benzene rings is 2. The molecular formula is C24H33ClN2O3S. The zero-order chi connectivity index (χ0) is 23.0. The molecule has 31 heavy (non-hydrogen) atoms. The van der Waals surface area contributed by atoms with Gasteiger partial charge in [-0.25, -0.2) is 8.42 Å². The van der Waals surface area contributed by atoms with Crippen molar-refractivity contribution in [1.82, 2.24) is 5.32 Å². The third-order valence-corrected chi connectivity index (χ3v) is 7.64. The van der Waals surface area contributed by atoms with Crippen LogP contribution in [0.15, 0.2) is 47.4 Å². The average Bonchev–Trinajstić information content (AvgIpc) is 2.74. The zero-order valence-electron chi connectivity index (χ0n) is 18.8. The number of nitrogens with one attached hydrogen (secondary N) is 1. The summed E-state index contributed by atoms with van der Waals surface area (Å²) in [5.41, 5.74) is 2.48. The summed E-state index contributed by atoms with van der Waals surface area (Å²) in [6.07, 6.45) is 4.26. The highest BCUT2D eigenvalue weighted by Gasteiger charge is 2.27. The quantitative estimate of drug-likeness (QED) is 0.478. The van der Waals surface area contributed by atoms with E-state index in [9.17, 15) is 13.2 Å². The van der Waals surface area contributed by atoms with E-state index in [2.05, 4.69) is 19.2 Å². The topological polar surface area (TPSA) is 66.5 Å². The summed E-state index contributed by atoms with van der Waals surface area (Å²) in [7, 11) is -3.94. The predicted molar refractivity (Wildman–Crippen MR) is 128 cm³/mol. The number of nitrogens with zero attached hydrogens (tertiary/aromatic N) is 1. The largest absolute Gasteiger partial charge is 0.354 e. The van der Waals surface area contributed by atoms with E-state index in [4.69, 9.17) is 11.6 Å². The van der Waals surface area contributed by atoms with Crippen LogP contribution in [0.25, 0.3) is 0 Å². The van der Waals surface area contributed by atoms with Gasteiger partial charge in [0.1, 0.15) is 6.54 Å². The molecule has 0 aliphatic carbocycles. The molecule has 0 saturated carbocycles. The zero-order valence-corrected chi connectivity index (χ0v) is 20.4. The third-order valence-electron chi connectivity index (χ3n) is 5.60. The molecule has 0 radical (unpaired) electrons. The van der Waals surface area contributed by atoms with Crippen molar-refractivity contribution in [1.29, 1.82) is 0 Å². The van der Waals surface area contributed by atoms with Gasteiger partial charge in [-0.2, -0.15) is 0 Å². The minimum Gasteiger partial charge on any atom is -0.354 e. The van der Waals surface area contributed by atoms with Crippen LogP contribution in [0, 0.1) is 19.8 Å². The Balaban J connectivity index is 2.29. The Kier molecular flexibility index (Phi) is 9.38. The Morgan fingerprint density at radius 3 is 2.32 bits per heavy atom. The smallest absolute Gasteiger partial charge is 0.264 e. The molecule has 0 fully saturated rings. The number of rotatable bonds is 11. The Morgan fingerprint density at radius 2 is 1.74 bits per heavy atom. The molecule has 0 heterocycles. The fourth-order valence-corrected chi connectivity index (χ4v) is 4.86. The lowest BCUT2D eigenvalue weighted by molar-refractivity contribution is -0.119. The van der Waals surface area contributed by atoms with Gasteiger partial charge in [0.15, 0.2) is 0 Å². The lowest BCUT2D eigenvalue weighted by Crippen LogP contribution is -2.42. The van der Waals surface area contributed by atoms with Gasteiger partial charge < -0.3 is 5.32 Å². The monoisotopic (exact) mass is 464 g/mol. The molecule has 2 aromatic rings. The van der Waals surface area contributed by atoms with Crippen LogP contribution in [0.1, 0.15) is 50.7 Å². The molecule has 170 valence electrons. The molecule has 0 aromatic heterocycles. The van der Waals surface area contributed by atoms with Crippen molar-refractivity contribution in [2.75, 3.05) is 17.4 Å². The Labute approximate surface area is 191 Å². The van der Waals surface area contributed by atoms with Gasteiger partial charge in [-0.05, 0) is 73.7 Å². The standard InChI is InChI=1S/C24H33ClN2O3S/c1-5-7-8-20(6-2)16-26-24(28)17-27(22-12-9-18(3)19(4)15-22)31(29,30)23-13-10-21(25)11-14-23/h9-15,20H,5-8,16-17H2,1-4H3,(H,26,28)/t20-/m1/s1. The molecule has 7 heteroatoms. The van der Waals surface area contributed by atoms with E-state index >= 15 is 0 Å². The van der Waals surface area contributed by atoms with E-state index in [1.165, 1.54) is 28.6 Å². The maximum Gasteiger partial charge on any atom is 0.264 e. The molecule has 0 bridgehead atoms. The van der Waals surface area contributed by atoms with Gasteiger partial charge in [0.2, 0.25) is 5.91 Å². The van der Waals surface area contributed by atoms with Crippen LogP contribution in [0.2, 0.25) is 5.02 Å². The lowest BCUT2D eigenvalue weighted by atomic mass is 9.99. The fraction of sp³-hybridized carbons (Fsp3) is 0.458. The van der Waals surface area contributed by atoms with Crippen LogP contribution in [0.4, 0.5) is 5.69 Å². The number of sulfonamides is 1. The van der Waals surface area contributed by atoms with Crippen molar-refractivity contribution >= 4 is 33.2 Å². The molecule has 5 nitrogen and oxygen atoms in total. The van der Waals surface area contributed by atoms with Crippen molar-refractivity contribution in [3.8, 4) is 0 Å². The van der Waals surface area contributed by atoms with Gasteiger partial charge in [0.05, 0.1) is 10.6 Å². The summed E-state index contributed by atoms with van der Waals surface area (Å²) in [5.74, 6) is 0.0811. The van der Waals surface area contributed by atoms with E-state index in [0.29, 0.717) is 23.2 Å². The maximum atomic E-state index is 13.4. The number of halogens is 1. The van der Waals surface area contributed by atoms with Gasteiger partial charge in [-0.3, -0.25) is 9.10 Å². The third kappa shape index (κ3) is 6.97. The predicted octanol–water partition coefficient (Wildman–Crippen LogP) is 5.48. The Hall–Kier alpha value is -2.05. The first kappa shape index (κ1) is 25.2. The lowest BCUT2D eigenvalue weighted by Gasteiger charge is -2.25. The fourth-order valence-electron chi connectivity index (χ4n) is 3.32. The van der Waals surface area contributed by atoms with Crippen LogP contribution in [0.5, 0.6) is 0 Å². The number of amides is 1. The van der Waals surface area contributed by atoms with Crippen LogP contribution in [-0.4, -0.2) is 27.4 Å². The minimum absolute atomic E-state index is 0.0947. The summed E-state index contributed by atoms with van der Waals surface area (Å²) in [6, 6.07) is 11.4. The molecule has 1 atom stereocenters. The van der Waals surface area contributed by atoms with Crippen LogP contribution >= 0.6 is 11.6 Å². The summed E-state index contributed by atoms with van der Waals surface area (Å²) >= 11 is 5.93. The summed E-state index contributed by atoms with van der Waals surface area (Å²) < 4.78 is 28.0. The number of anilines is 1. The Bertz CT molecular complexity index is 975. The number of aryl methyl sites for hydroxylation is 2. The second-order valence-electron chi connectivity index (χ2n) is 7.95. The van der Waals surface area contributed by atoms with E-state index in [1.807, 2.05) is 19.9 Å². The second kappa shape index (κ2) is 11.5. The number of carbonyl (C=O) groups excluding carboxylic acids is 1. The molecule has 0 spiro atoms. The molecule has 0 aliphatic rings. The van der Waals surface area contributed by atoms with Gasteiger partial charge in [0.25, 0.3) is 10.0 Å². The number of unbranched alkanes of at least 4 members (excludes halogenated alkanes) is 1. The van der Waals surface area contributed by atoms with Gasteiger partial charge in [0, 0.05) is 11.6 Å². The molecule has 0 saturated heterocycles. The van der Waals surface area contributed by atoms with Crippen molar-refractivity contribution in [2.24, 2.45) is 5.92 Å². The molecule has 0 unspecified atom stereocenters. The van der Waals surface area contributed by atoms with Gasteiger partial charge in [-0.1, -0.05) is 50.8 Å². The van der Waals surface area contributed by atoms with Crippen molar-refractivity contribution in [2.45, 2.75) is 58.3 Å². The molecule has 1 N–H and O–H groups in total. The first-order valence-corrected chi connectivity index (χ1v) is 12.6. The number of carbonyl (C=O) groups is 1. The molecule has 2 rings (SSSR count). The Morgan fingerprint density at radius 1 is 1.06 bits per heavy atom. The van der Waals surface area contributed by atoms with E-state index in [0.717, 1.165) is 36.8 Å². The van der Waals surface area contributed by atoms with Gasteiger partial charge in [-0.15, -0.1) is 0 Å². The summed E-state index contributed by atoms with van der Waals surface area (Å²) in [4.78, 5) is 12.9. The van der Waals surface area contributed by atoms with E-state index in [-0.39, 0.29) is 17.3 Å². The summed E-state index contributed by atoms with van der Waals surface area (Å²) in [6.45, 7) is 8.42. The normalized spacial score (nSPS) is 12.4. The highest BCUT2D eigenvalue weighted by Crippen LogP contribution is 2.26. The summed E-state index contributed by atoms with van der Waals surface area (Å²) in [5, 5.41) is 3.39. The average molecular weight is 465 g/mol. The highest BCUT2D eigenvalue weighted by atomic mass is 35.5. The molecule has 0 aliphatic heterocycles. The first-order chi connectivity index (χ1) is 14.7. The van der Waals surface area contributed by atoms with Crippen LogP contribution < -0.4 is 9.62 Å². The SMILES string of the molecule is CCCC[C@@H](CC)CNC(=O)CN(c1ccc(C)c(C)c1)S(=O)(=O)c1ccc(Cl)cc1. The highest BCUT2D eigenvalue weighted by molar-refractivity contribution is 7.92. The first-order valence-electron chi connectivity index (χ1n) is 10.8. The van der Waals surface area contributed by atoms with Crippen LogP contribution in [0.3, 0.4) is 0 Å². The molecule has 2 aromatic carbocycles. The maximum absolute atomic E-state index is 13.4. The van der Waals surface area contributed by atoms with E-state index in [1.54, 1.807) is 12.1 Å². The van der Waals surface area contributed by atoms with Gasteiger partial charge >= 0.3 is 0 Å².